The molecule has 0 aliphatic rings. The van der Waals surface area contributed by atoms with Gasteiger partial charge in [0, 0.05) is 12.8 Å². The summed E-state index contributed by atoms with van der Waals surface area (Å²) in [5, 5.41) is 11.1. The maximum Gasteiger partial charge on any atom is 0.322 e. The maximum atomic E-state index is 12.7. The van der Waals surface area contributed by atoms with Crippen LogP contribution < -0.4 is 5.32 Å². The van der Waals surface area contributed by atoms with Gasteiger partial charge in [-0.25, -0.2) is 0 Å². The van der Waals surface area contributed by atoms with Crippen LogP contribution in [0, 0.1) is 0 Å². The van der Waals surface area contributed by atoms with Crippen LogP contribution in [0.2, 0.25) is 0 Å². The second-order valence-corrected chi connectivity index (χ2v) is 14.6. The van der Waals surface area contributed by atoms with Gasteiger partial charge in [0.1, 0.15) is 12.6 Å². The predicted octanol–water partition coefficient (Wildman–Crippen LogP) is 13.5. The number of allylic oxidation sites excluding steroid dienone is 7. The number of nitrogens with one attached hydrogen (secondary N) is 1. The lowest BCUT2D eigenvalue weighted by Crippen LogP contribution is -2.28. The molecular formula is C46H81NO5. The smallest absolute Gasteiger partial charge is 0.322 e. The summed E-state index contributed by atoms with van der Waals surface area (Å²) in [4.78, 5) is 34.9. The van der Waals surface area contributed by atoms with E-state index < -0.39 is 5.97 Å². The zero-order valence-corrected chi connectivity index (χ0v) is 33.9. The third kappa shape index (κ3) is 40.1. The molecule has 52 heavy (non-hydrogen) atoms. The Morgan fingerprint density at radius 3 is 1.48 bits per heavy atom. The Kier molecular flexibility index (Phi) is 39.1. The van der Waals surface area contributed by atoms with Crippen molar-refractivity contribution >= 4 is 17.8 Å². The molecule has 0 saturated carbocycles. The second-order valence-electron chi connectivity index (χ2n) is 14.6. The molecule has 0 bridgehead atoms. The van der Waals surface area contributed by atoms with E-state index in [1.54, 1.807) is 0 Å². The highest BCUT2D eigenvalue weighted by molar-refractivity contribution is 5.80. The Morgan fingerprint density at radius 1 is 0.519 bits per heavy atom. The summed E-state index contributed by atoms with van der Waals surface area (Å²) in [5.41, 5.74) is 0. The van der Waals surface area contributed by atoms with Crippen LogP contribution in [0.1, 0.15) is 213 Å². The van der Waals surface area contributed by atoms with Crippen molar-refractivity contribution in [3.8, 4) is 0 Å². The van der Waals surface area contributed by atoms with Crippen molar-refractivity contribution in [1.29, 1.82) is 0 Å². The average molecular weight is 728 g/mol. The highest BCUT2D eigenvalue weighted by Gasteiger charge is 2.12. The standard InChI is InChI=1S/C46H81NO5/c1-3-5-7-9-11-13-14-15-16-17-18-19-20-21-22-23-24-25-26-27-29-31-37-41-46(51)52-43(38-34-30-28-12-10-8-6-4-2)39-35-32-33-36-40-44(48)47-42-45(49)50/h12,14-15,17-18,28,34,38,43H,3-11,13,16,19-27,29-33,35-37,39-42H2,1-2H3,(H,47,48)(H,49,50)/b15-14-,18-17-,28-12-,38-34-. The minimum absolute atomic E-state index is 0.101. The Morgan fingerprint density at radius 2 is 0.942 bits per heavy atom. The first kappa shape index (κ1) is 49.4. The average Bonchev–Trinajstić information content (AvgIpc) is 3.13. The number of hydrogen-bond donors (Lipinski definition) is 2. The van der Waals surface area contributed by atoms with E-state index in [9.17, 15) is 14.4 Å². The number of rotatable bonds is 39. The van der Waals surface area contributed by atoms with Crippen molar-refractivity contribution in [2.24, 2.45) is 0 Å². The number of carboxylic acids is 1. The van der Waals surface area contributed by atoms with Gasteiger partial charge >= 0.3 is 11.9 Å². The summed E-state index contributed by atoms with van der Waals surface area (Å²) in [6, 6.07) is 0. The van der Waals surface area contributed by atoms with Gasteiger partial charge in [0.05, 0.1) is 0 Å². The van der Waals surface area contributed by atoms with Crippen molar-refractivity contribution in [3.05, 3.63) is 48.6 Å². The Balaban J connectivity index is 3.98. The summed E-state index contributed by atoms with van der Waals surface area (Å²) < 4.78 is 5.88. The van der Waals surface area contributed by atoms with Crippen LogP contribution >= 0.6 is 0 Å². The highest BCUT2D eigenvalue weighted by atomic mass is 16.5. The van der Waals surface area contributed by atoms with E-state index in [0.717, 1.165) is 64.2 Å². The monoisotopic (exact) mass is 728 g/mol. The number of carbonyl (C=O) groups excluding carboxylic acids is 2. The fourth-order valence-electron chi connectivity index (χ4n) is 6.20. The molecule has 0 rings (SSSR count). The maximum absolute atomic E-state index is 12.7. The minimum Gasteiger partial charge on any atom is -0.480 e. The molecule has 1 atom stereocenters. The molecular weight excluding hydrogens is 647 g/mol. The largest absolute Gasteiger partial charge is 0.480 e. The molecule has 1 unspecified atom stereocenters. The number of aliphatic carboxylic acids is 1. The lowest BCUT2D eigenvalue weighted by Gasteiger charge is -2.14. The van der Waals surface area contributed by atoms with Gasteiger partial charge in [-0.2, -0.15) is 0 Å². The van der Waals surface area contributed by atoms with Crippen LogP contribution in [0.5, 0.6) is 0 Å². The Hall–Kier alpha value is -2.63. The quantitative estimate of drug-likeness (QED) is 0.0373. The van der Waals surface area contributed by atoms with E-state index in [4.69, 9.17) is 9.84 Å². The highest BCUT2D eigenvalue weighted by Crippen LogP contribution is 2.16. The summed E-state index contributed by atoms with van der Waals surface area (Å²) in [7, 11) is 0. The number of hydrogen-bond acceptors (Lipinski definition) is 4. The predicted molar refractivity (Wildman–Crippen MR) is 222 cm³/mol. The van der Waals surface area contributed by atoms with Gasteiger partial charge in [-0.05, 0) is 83.1 Å². The zero-order chi connectivity index (χ0) is 38.0. The van der Waals surface area contributed by atoms with E-state index in [-0.39, 0.29) is 24.5 Å². The molecule has 0 aromatic carbocycles. The van der Waals surface area contributed by atoms with Crippen molar-refractivity contribution < 1.29 is 24.2 Å². The van der Waals surface area contributed by atoms with E-state index in [2.05, 4.69) is 61.7 Å². The van der Waals surface area contributed by atoms with Gasteiger partial charge in [0.25, 0.3) is 0 Å². The summed E-state index contributed by atoms with van der Waals surface area (Å²) >= 11 is 0. The van der Waals surface area contributed by atoms with Gasteiger partial charge in [-0.1, -0.05) is 166 Å². The number of unbranched alkanes of at least 4 members (excludes halogenated alkanes) is 22. The summed E-state index contributed by atoms with van der Waals surface area (Å²) in [5.74, 6) is -1.35. The molecule has 0 radical (unpaired) electrons. The molecule has 0 spiro atoms. The van der Waals surface area contributed by atoms with Crippen LogP contribution in [-0.4, -0.2) is 35.6 Å². The third-order valence-corrected chi connectivity index (χ3v) is 9.46. The summed E-state index contributed by atoms with van der Waals surface area (Å²) in [6.45, 7) is 4.16. The SMILES string of the molecule is CCCCC/C=C\C/C=C\C(CCCCCCC(=O)NCC(=O)O)OC(=O)CCCCCCCCCCCCC/C=C\C/C=C\CCCCCCC. The summed E-state index contributed by atoms with van der Waals surface area (Å²) in [6.07, 6.45) is 52.6. The van der Waals surface area contributed by atoms with E-state index in [0.29, 0.717) is 12.8 Å². The van der Waals surface area contributed by atoms with E-state index >= 15 is 0 Å². The fraction of sp³-hybridized carbons (Fsp3) is 0.761. The molecule has 0 aliphatic heterocycles. The van der Waals surface area contributed by atoms with Crippen molar-refractivity contribution in [2.75, 3.05) is 6.54 Å². The molecule has 0 aromatic rings. The lowest BCUT2D eigenvalue weighted by atomic mass is 10.0. The zero-order valence-electron chi connectivity index (χ0n) is 33.9. The Bertz CT molecular complexity index is 937. The molecule has 6 heteroatoms. The molecule has 2 N–H and O–H groups in total. The number of carboxylic acid groups (broad SMARTS) is 1. The molecule has 0 aromatic heterocycles. The molecule has 0 saturated heterocycles. The normalized spacial score (nSPS) is 12.5. The van der Waals surface area contributed by atoms with Crippen molar-refractivity contribution in [3.63, 3.8) is 0 Å². The fourth-order valence-corrected chi connectivity index (χ4v) is 6.20. The van der Waals surface area contributed by atoms with Crippen LogP contribution in [-0.2, 0) is 19.1 Å². The third-order valence-electron chi connectivity index (χ3n) is 9.46. The van der Waals surface area contributed by atoms with Gasteiger partial charge in [0.15, 0.2) is 0 Å². The lowest BCUT2D eigenvalue weighted by molar-refractivity contribution is -0.147. The number of carbonyl (C=O) groups is 3. The van der Waals surface area contributed by atoms with E-state index in [1.165, 1.54) is 122 Å². The molecule has 6 nitrogen and oxygen atoms in total. The van der Waals surface area contributed by atoms with Crippen LogP contribution in [0.4, 0.5) is 0 Å². The first-order valence-corrected chi connectivity index (χ1v) is 21.8. The molecule has 0 heterocycles. The van der Waals surface area contributed by atoms with Crippen molar-refractivity contribution in [2.45, 2.75) is 219 Å². The number of esters is 1. The van der Waals surface area contributed by atoms with E-state index in [1.807, 2.05) is 6.08 Å². The number of ether oxygens (including phenoxy) is 1. The Labute approximate surface area is 320 Å². The van der Waals surface area contributed by atoms with Gasteiger partial charge in [0.2, 0.25) is 5.91 Å². The van der Waals surface area contributed by atoms with Gasteiger partial charge < -0.3 is 15.2 Å². The van der Waals surface area contributed by atoms with Gasteiger partial charge in [-0.3, -0.25) is 14.4 Å². The first-order chi connectivity index (χ1) is 25.5. The molecule has 300 valence electrons. The number of amides is 1. The molecule has 0 fully saturated rings. The van der Waals surface area contributed by atoms with Crippen LogP contribution in [0.25, 0.3) is 0 Å². The molecule has 0 aliphatic carbocycles. The van der Waals surface area contributed by atoms with Crippen LogP contribution in [0.15, 0.2) is 48.6 Å². The van der Waals surface area contributed by atoms with Crippen molar-refractivity contribution in [1.82, 2.24) is 5.32 Å². The van der Waals surface area contributed by atoms with Crippen LogP contribution in [0.3, 0.4) is 0 Å². The van der Waals surface area contributed by atoms with Gasteiger partial charge in [-0.15, -0.1) is 0 Å². The molecule has 1 amide bonds. The topological polar surface area (TPSA) is 92.7 Å². The first-order valence-electron chi connectivity index (χ1n) is 21.8. The second kappa shape index (κ2) is 41.1. The minimum atomic E-state index is -1.03.